The van der Waals surface area contributed by atoms with Crippen molar-refractivity contribution in [3.05, 3.63) is 33.9 Å². The Bertz CT molecular complexity index is 471. The van der Waals surface area contributed by atoms with Crippen molar-refractivity contribution in [3.63, 3.8) is 0 Å². The third-order valence-electron chi connectivity index (χ3n) is 3.81. The zero-order valence-electron chi connectivity index (χ0n) is 11.7. The van der Waals surface area contributed by atoms with Crippen LogP contribution in [0.4, 0.5) is 5.69 Å². The highest BCUT2D eigenvalue weighted by Gasteiger charge is 2.17. The van der Waals surface area contributed by atoms with Crippen molar-refractivity contribution in [1.29, 1.82) is 0 Å². The summed E-state index contributed by atoms with van der Waals surface area (Å²) < 4.78 is 0. The lowest BCUT2D eigenvalue weighted by atomic mass is 10.0. The SMILES string of the molecule is CN1CCC(NCCc2cc(O)ccc2[N+](=O)[O-])CC1. The van der Waals surface area contributed by atoms with E-state index >= 15 is 0 Å². The first kappa shape index (κ1) is 14.7. The van der Waals surface area contributed by atoms with Crippen LogP contribution >= 0.6 is 0 Å². The summed E-state index contributed by atoms with van der Waals surface area (Å²) in [6.45, 7) is 2.87. The molecule has 2 rings (SSSR count). The van der Waals surface area contributed by atoms with Crippen LogP contribution in [-0.4, -0.2) is 47.7 Å². The molecule has 0 saturated carbocycles. The van der Waals surface area contributed by atoms with E-state index in [2.05, 4.69) is 17.3 Å². The van der Waals surface area contributed by atoms with Crippen molar-refractivity contribution in [2.45, 2.75) is 25.3 Å². The molecule has 1 aliphatic heterocycles. The summed E-state index contributed by atoms with van der Waals surface area (Å²) in [4.78, 5) is 12.8. The van der Waals surface area contributed by atoms with Gasteiger partial charge in [-0.1, -0.05) is 0 Å². The summed E-state index contributed by atoms with van der Waals surface area (Å²) in [5, 5.41) is 23.8. The Labute approximate surface area is 118 Å². The third kappa shape index (κ3) is 3.91. The average Bonchev–Trinajstić information content (AvgIpc) is 2.41. The first-order valence-corrected chi connectivity index (χ1v) is 6.94. The number of nitrogens with one attached hydrogen (secondary N) is 1. The molecule has 0 amide bonds. The summed E-state index contributed by atoms with van der Waals surface area (Å²) in [6, 6.07) is 4.68. The molecule has 0 spiro atoms. The molecule has 0 bridgehead atoms. The number of aromatic hydroxyl groups is 1. The highest BCUT2D eigenvalue weighted by molar-refractivity contribution is 5.44. The number of nitrogens with zero attached hydrogens (tertiary/aromatic N) is 2. The fourth-order valence-electron chi connectivity index (χ4n) is 2.57. The van der Waals surface area contributed by atoms with Gasteiger partial charge in [0.25, 0.3) is 5.69 Å². The van der Waals surface area contributed by atoms with Crippen molar-refractivity contribution in [3.8, 4) is 5.75 Å². The fourth-order valence-corrected chi connectivity index (χ4v) is 2.57. The van der Waals surface area contributed by atoms with Crippen LogP contribution in [0.2, 0.25) is 0 Å². The van der Waals surface area contributed by atoms with Crippen molar-refractivity contribution >= 4 is 5.69 Å². The van der Waals surface area contributed by atoms with E-state index in [-0.39, 0.29) is 11.4 Å². The second-order valence-electron chi connectivity index (χ2n) is 5.35. The van der Waals surface area contributed by atoms with Crippen molar-refractivity contribution in [2.75, 3.05) is 26.7 Å². The van der Waals surface area contributed by atoms with Crippen LogP contribution in [0.25, 0.3) is 0 Å². The monoisotopic (exact) mass is 279 g/mol. The molecule has 0 radical (unpaired) electrons. The van der Waals surface area contributed by atoms with E-state index in [0.29, 0.717) is 24.6 Å². The molecule has 6 heteroatoms. The second kappa shape index (κ2) is 6.67. The average molecular weight is 279 g/mol. The van der Waals surface area contributed by atoms with Gasteiger partial charge in [-0.15, -0.1) is 0 Å². The Morgan fingerprint density at radius 1 is 1.45 bits per heavy atom. The van der Waals surface area contributed by atoms with Crippen LogP contribution in [-0.2, 0) is 6.42 Å². The molecule has 20 heavy (non-hydrogen) atoms. The van der Waals surface area contributed by atoms with Gasteiger partial charge in [0.2, 0.25) is 0 Å². The lowest BCUT2D eigenvalue weighted by molar-refractivity contribution is -0.385. The van der Waals surface area contributed by atoms with Gasteiger partial charge in [0, 0.05) is 17.7 Å². The molecule has 0 unspecified atom stereocenters. The molecular weight excluding hydrogens is 258 g/mol. The molecule has 0 aromatic heterocycles. The number of nitro groups is 1. The quantitative estimate of drug-likeness (QED) is 0.631. The molecule has 1 aromatic carbocycles. The van der Waals surface area contributed by atoms with Gasteiger partial charge in [-0.3, -0.25) is 10.1 Å². The molecule has 1 saturated heterocycles. The van der Waals surface area contributed by atoms with Gasteiger partial charge >= 0.3 is 0 Å². The number of piperidine rings is 1. The van der Waals surface area contributed by atoms with E-state index in [1.165, 1.54) is 18.2 Å². The molecule has 0 atom stereocenters. The zero-order valence-corrected chi connectivity index (χ0v) is 11.7. The number of phenols is 1. The van der Waals surface area contributed by atoms with Crippen LogP contribution < -0.4 is 5.32 Å². The predicted molar refractivity (Wildman–Crippen MR) is 77.0 cm³/mol. The van der Waals surface area contributed by atoms with E-state index in [1.54, 1.807) is 0 Å². The lowest BCUT2D eigenvalue weighted by Gasteiger charge is -2.29. The van der Waals surface area contributed by atoms with Crippen molar-refractivity contribution < 1.29 is 10.0 Å². The Balaban J connectivity index is 1.87. The molecule has 1 aliphatic rings. The summed E-state index contributed by atoms with van der Waals surface area (Å²) in [6.07, 6.45) is 2.77. The van der Waals surface area contributed by atoms with E-state index in [0.717, 1.165) is 25.9 Å². The number of phenolic OH excluding ortho intramolecular Hbond substituents is 1. The Kier molecular flexibility index (Phi) is 4.92. The number of hydrogen-bond acceptors (Lipinski definition) is 5. The zero-order chi connectivity index (χ0) is 14.5. The van der Waals surface area contributed by atoms with Gasteiger partial charge in [0.1, 0.15) is 5.75 Å². The summed E-state index contributed by atoms with van der Waals surface area (Å²) in [5.41, 5.74) is 0.656. The number of rotatable bonds is 5. The first-order chi connectivity index (χ1) is 9.56. The number of nitro benzene ring substituents is 1. The highest BCUT2D eigenvalue weighted by Crippen LogP contribution is 2.23. The molecule has 2 N–H and O–H groups in total. The maximum Gasteiger partial charge on any atom is 0.272 e. The third-order valence-corrected chi connectivity index (χ3v) is 3.81. The summed E-state index contributed by atoms with van der Waals surface area (Å²) in [7, 11) is 2.12. The summed E-state index contributed by atoms with van der Waals surface area (Å²) >= 11 is 0. The molecule has 1 aromatic rings. The maximum atomic E-state index is 10.9. The van der Waals surface area contributed by atoms with E-state index < -0.39 is 4.92 Å². The Morgan fingerprint density at radius 3 is 2.80 bits per heavy atom. The van der Waals surface area contributed by atoms with Gasteiger partial charge in [0.05, 0.1) is 4.92 Å². The van der Waals surface area contributed by atoms with Gasteiger partial charge in [-0.05, 0) is 58.1 Å². The predicted octanol–water partition coefficient (Wildman–Crippen LogP) is 1.53. The minimum absolute atomic E-state index is 0.0740. The minimum atomic E-state index is -0.398. The Morgan fingerprint density at radius 2 is 2.15 bits per heavy atom. The lowest BCUT2D eigenvalue weighted by Crippen LogP contribution is -2.41. The fraction of sp³-hybridized carbons (Fsp3) is 0.571. The smallest absolute Gasteiger partial charge is 0.272 e. The van der Waals surface area contributed by atoms with Gasteiger partial charge in [-0.2, -0.15) is 0 Å². The van der Waals surface area contributed by atoms with Crippen molar-refractivity contribution in [2.24, 2.45) is 0 Å². The Hall–Kier alpha value is -1.66. The topological polar surface area (TPSA) is 78.6 Å². The van der Waals surface area contributed by atoms with E-state index in [9.17, 15) is 15.2 Å². The maximum absolute atomic E-state index is 10.9. The van der Waals surface area contributed by atoms with Crippen LogP contribution in [0.15, 0.2) is 18.2 Å². The molecular formula is C14H21N3O3. The minimum Gasteiger partial charge on any atom is -0.508 e. The van der Waals surface area contributed by atoms with Crippen LogP contribution in [0.3, 0.4) is 0 Å². The molecule has 1 fully saturated rings. The molecule has 110 valence electrons. The number of hydrogen-bond donors (Lipinski definition) is 2. The molecule has 1 heterocycles. The van der Waals surface area contributed by atoms with Crippen LogP contribution in [0.5, 0.6) is 5.75 Å². The number of likely N-dealkylation sites (tertiary alicyclic amines) is 1. The van der Waals surface area contributed by atoms with Crippen LogP contribution in [0, 0.1) is 10.1 Å². The normalized spacial score (nSPS) is 17.2. The molecule has 6 nitrogen and oxygen atoms in total. The number of benzene rings is 1. The molecule has 0 aliphatic carbocycles. The second-order valence-corrected chi connectivity index (χ2v) is 5.35. The highest BCUT2D eigenvalue weighted by atomic mass is 16.6. The van der Waals surface area contributed by atoms with E-state index in [4.69, 9.17) is 0 Å². The largest absolute Gasteiger partial charge is 0.508 e. The van der Waals surface area contributed by atoms with Gasteiger partial charge < -0.3 is 15.3 Å². The van der Waals surface area contributed by atoms with Gasteiger partial charge in [-0.25, -0.2) is 0 Å². The van der Waals surface area contributed by atoms with Crippen LogP contribution in [0.1, 0.15) is 18.4 Å². The first-order valence-electron chi connectivity index (χ1n) is 6.94. The van der Waals surface area contributed by atoms with E-state index in [1.807, 2.05) is 0 Å². The van der Waals surface area contributed by atoms with Gasteiger partial charge in [0.15, 0.2) is 0 Å². The standard InChI is InChI=1S/C14H21N3O3/c1-16-8-5-12(6-9-16)15-7-4-11-10-13(18)2-3-14(11)17(19)20/h2-3,10,12,15,18H,4-9H2,1H3. The summed E-state index contributed by atoms with van der Waals surface area (Å²) in [5.74, 6) is 0.0740. The van der Waals surface area contributed by atoms with Crippen molar-refractivity contribution in [1.82, 2.24) is 10.2 Å².